The summed E-state index contributed by atoms with van der Waals surface area (Å²) in [4.78, 5) is 35.4. The number of halogens is 2. The first-order valence-electron chi connectivity index (χ1n) is 16.4. The zero-order valence-corrected chi connectivity index (χ0v) is 31.7. The lowest BCUT2D eigenvalue weighted by Gasteiger charge is -2.19. The number of fused-ring (bicyclic) bond motifs is 2. The van der Waals surface area contributed by atoms with Crippen LogP contribution in [0.5, 0.6) is 23.0 Å². The lowest BCUT2D eigenvalue weighted by molar-refractivity contribution is -0.150. The van der Waals surface area contributed by atoms with Gasteiger partial charge < -0.3 is 28.4 Å². The van der Waals surface area contributed by atoms with E-state index in [1.807, 2.05) is 26.0 Å². The van der Waals surface area contributed by atoms with Crippen LogP contribution >= 0.6 is 22.7 Å². The van der Waals surface area contributed by atoms with Crippen LogP contribution in [0.25, 0.3) is 20.2 Å². The highest BCUT2D eigenvalue weighted by molar-refractivity contribution is 7.21. The smallest absolute Gasteiger partial charge is 0.311 e. The molecule has 9 nitrogen and oxygen atoms in total. The molecule has 50 heavy (non-hydrogen) atoms. The predicted molar refractivity (Wildman–Crippen MR) is 193 cm³/mol. The van der Waals surface area contributed by atoms with Gasteiger partial charge in [0.1, 0.15) is 0 Å². The van der Waals surface area contributed by atoms with Gasteiger partial charge in [-0.05, 0) is 44.2 Å². The van der Waals surface area contributed by atoms with E-state index < -0.39 is 23.0 Å². The van der Waals surface area contributed by atoms with Gasteiger partial charge in [0.15, 0.2) is 40.4 Å². The zero-order chi connectivity index (χ0) is 37.2. The molecule has 0 amide bonds. The van der Waals surface area contributed by atoms with Gasteiger partial charge in [0.05, 0.1) is 51.9 Å². The second kappa shape index (κ2) is 18.3. The van der Waals surface area contributed by atoms with Crippen molar-refractivity contribution in [3.63, 3.8) is 0 Å². The highest BCUT2D eigenvalue weighted by Gasteiger charge is 2.38. The first-order valence-corrected chi connectivity index (χ1v) is 18.0. The molecule has 274 valence electrons. The van der Waals surface area contributed by atoms with E-state index in [2.05, 4.69) is 11.7 Å². The molecule has 0 bridgehead atoms. The van der Waals surface area contributed by atoms with Gasteiger partial charge in [0, 0.05) is 50.0 Å². The Labute approximate surface area is 299 Å². The Balaban J connectivity index is 0.00000105. The fourth-order valence-electron chi connectivity index (χ4n) is 5.40. The van der Waals surface area contributed by atoms with E-state index in [1.165, 1.54) is 39.4 Å². The lowest BCUT2D eigenvalue weighted by Crippen LogP contribution is -2.28. The van der Waals surface area contributed by atoms with Gasteiger partial charge in [-0.3, -0.25) is 14.4 Å². The number of ketones is 1. The summed E-state index contributed by atoms with van der Waals surface area (Å²) in [7, 11) is 5.47. The third-order valence-electron chi connectivity index (χ3n) is 8.13. The average Bonchev–Trinajstić information content (AvgIpc) is 3.57. The summed E-state index contributed by atoms with van der Waals surface area (Å²) in [5.74, 6) is -0.276. The Bertz CT molecular complexity index is 1780. The van der Waals surface area contributed by atoms with Crippen molar-refractivity contribution in [1.82, 2.24) is 0 Å². The SMILES string of the molecule is CC.CCC1CC1c1cc2c(F)c(OCCCOc3c(OC)cc4sc(C(=O)CC(C)(C)C(=O)OC)cc4c3F)c(OC)cc2s1.COC=O. The lowest BCUT2D eigenvalue weighted by atomic mass is 9.87. The Morgan fingerprint density at radius 3 is 1.86 bits per heavy atom. The molecule has 2 unspecified atom stereocenters. The summed E-state index contributed by atoms with van der Waals surface area (Å²) in [5.41, 5.74) is -1.02. The van der Waals surface area contributed by atoms with Gasteiger partial charge in [-0.2, -0.15) is 0 Å². The Morgan fingerprint density at radius 1 is 0.880 bits per heavy atom. The van der Waals surface area contributed by atoms with E-state index in [0.717, 1.165) is 28.9 Å². The number of thiophene rings is 2. The van der Waals surface area contributed by atoms with Gasteiger partial charge in [-0.1, -0.05) is 27.2 Å². The first-order chi connectivity index (χ1) is 23.9. The van der Waals surface area contributed by atoms with Crippen molar-refractivity contribution < 1.29 is 51.6 Å². The van der Waals surface area contributed by atoms with Crippen molar-refractivity contribution in [2.45, 2.75) is 66.2 Å². The van der Waals surface area contributed by atoms with Crippen molar-refractivity contribution in [1.29, 1.82) is 0 Å². The Kier molecular flexibility index (Phi) is 14.8. The molecule has 0 saturated heterocycles. The maximum atomic E-state index is 15.6. The summed E-state index contributed by atoms with van der Waals surface area (Å²) in [6.07, 6.45) is 2.51. The van der Waals surface area contributed by atoms with Crippen molar-refractivity contribution in [3.8, 4) is 23.0 Å². The molecule has 2 heterocycles. The summed E-state index contributed by atoms with van der Waals surface area (Å²) in [6.45, 7) is 9.98. The van der Waals surface area contributed by atoms with Crippen molar-refractivity contribution >= 4 is 61.1 Å². The summed E-state index contributed by atoms with van der Waals surface area (Å²) in [6, 6.07) is 6.83. The standard InChI is InChI=1S/C33H36F2O7S2.C2H4O2.C2H6/c1-7-17-11-18(17)24-12-19-25(43-24)14-22(38-4)30(28(19)34)41-9-8-10-42-31-23(39-5)15-26-20(29(31)35)13-27(44-26)21(36)16-33(2,3)32(37)40-6;1-4-2-3;1-2/h12-15,17-18H,7-11,16H2,1-6H3;2H,1H3;1-2H3. The van der Waals surface area contributed by atoms with Crippen LogP contribution in [0.1, 0.15) is 80.8 Å². The van der Waals surface area contributed by atoms with Crippen LogP contribution in [0.4, 0.5) is 8.78 Å². The van der Waals surface area contributed by atoms with E-state index in [4.69, 9.17) is 28.5 Å². The molecule has 1 fully saturated rings. The number of rotatable bonds is 15. The van der Waals surface area contributed by atoms with Gasteiger partial charge in [-0.25, -0.2) is 8.78 Å². The van der Waals surface area contributed by atoms with E-state index in [1.54, 1.807) is 31.3 Å². The molecule has 0 spiro atoms. The minimum absolute atomic E-state index is 0.0446. The van der Waals surface area contributed by atoms with Crippen LogP contribution < -0.4 is 18.9 Å². The fourth-order valence-corrected chi connectivity index (χ4v) is 7.72. The third kappa shape index (κ3) is 9.22. The molecule has 1 aliphatic carbocycles. The largest absolute Gasteiger partial charge is 0.493 e. The highest BCUT2D eigenvalue weighted by Crippen LogP contribution is 2.53. The Morgan fingerprint density at radius 2 is 1.40 bits per heavy atom. The molecule has 5 rings (SSSR count). The molecule has 2 aromatic heterocycles. The molecule has 0 N–H and O–H groups in total. The Hall–Kier alpha value is -3.97. The molecule has 2 atom stereocenters. The minimum atomic E-state index is -1.02. The van der Waals surface area contributed by atoms with E-state index in [9.17, 15) is 9.59 Å². The molecule has 13 heteroatoms. The number of carbonyl (C=O) groups is 3. The highest BCUT2D eigenvalue weighted by atomic mass is 32.1. The number of hydrogen-bond acceptors (Lipinski definition) is 11. The van der Waals surface area contributed by atoms with Crippen molar-refractivity contribution in [2.24, 2.45) is 11.3 Å². The van der Waals surface area contributed by atoms with Crippen LogP contribution in [0, 0.1) is 23.0 Å². The second-order valence-corrected chi connectivity index (χ2v) is 14.1. The average molecular weight is 737 g/mol. The second-order valence-electron chi connectivity index (χ2n) is 11.9. The number of Topliss-reactive ketones (excluding diaryl/α,β-unsaturated/α-hetero) is 1. The molecule has 1 saturated carbocycles. The molecule has 1 aliphatic rings. The van der Waals surface area contributed by atoms with Crippen LogP contribution in [0.3, 0.4) is 0 Å². The molecule has 0 aliphatic heterocycles. The fraction of sp³-hybridized carbons (Fsp3) is 0.486. The van der Waals surface area contributed by atoms with Gasteiger partial charge in [0.25, 0.3) is 6.47 Å². The van der Waals surface area contributed by atoms with Crippen LogP contribution in [0.15, 0.2) is 24.3 Å². The number of ether oxygens (including phenoxy) is 6. The number of esters is 1. The topological polar surface area (TPSA) is 107 Å². The van der Waals surface area contributed by atoms with Crippen molar-refractivity contribution in [3.05, 3.63) is 45.7 Å². The number of carbonyl (C=O) groups excluding carboxylic acids is 3. The minimum Gasteiger partial charge on any atom is -0.493 e. The molecule has 0 radical (unpaired) electrons. The quantitative estimate of drug-likeness (QED) is 0.0511. The first kappa shape index (κ1) is 40.5. The van der Waals surface area contributed by atoms with Gasteiger partial charge in [0.2, 0.25) is 0 Å². The van der Waals surface area contributed by atoms with Gasteiger partial charge in [-0.15, -0.1) is 22.7 Å². The monoisotopic (exact) mass is 736 g/mol. The molecular formula is C37H46F2O9S2. The van der Waals surface area contributed by atoms with E-state index in [0.29, 0.717) is 45.4 Å². The van der Waals surface area contributed by atoms with E-state index in [-0.39, 0.29) is 48.1 Å². The third-order valence-corrected chi connectivity index (χ3v) is 10.5. The summed E-state index contributed by atoms with van der Waals surface area (Å²) in [5, 5.41) is 0.745. The van der Waals surface area contributed by atoms with Crippen LogP contribution in [-0.2, 0) is 19.1 Å². The number of hydrogen-bond donors (Lipinski definition) is 0. The maximum Gasteiger partial charge on any atom is 0.311 e. The predicted octanol–water partition coefficient (Wildman–Crippen LogP) is 9.36. The summed E-state index contributed by atoms with van der Waals surface area (Å²) >= 11 is 2.72. The normalized spacial score (nSPS) is 14.9. The molecule has 4 aromatic rings. The number of benzene rings is 2. The van der Waals surface area contributed by atoms with Crippen LogP contribution in [-0.4, -0.2) is 59.9 Å². The van der Waals surface area contributed by atoms with Crippen molar-refractivity contribution in [2.75, 3.05) is 41.7 Å². The van der Waals surface area contributed by atoms with Gasteiger partial charge >= 0.3 is 5.97 Å². The summed E-state index contributed by atoms with van der Waals surface area (Å²) < 4.78 is 63.5. The number of methoxy groups -OCH3 is 4. The molecular weight excluding hydrogens is 691 g/mol. The molecule has 2 aromatic carbocycles. The van der Waals surface area contributed by atoms with E-state index >= 15 is 8.78 Å². The zero-order valence-electron chi connectivity index (χ0n) is 30.0. The maximum absolute atomic E-state index is 15.6. The van der Waals surface area contributed by atoms with Crippen LogP contribution in [0.2, 0.25) is 0 Å².